The van der Waals surface area contributed by atoms with Crippen molar-refractivity contribution in [1.82, 2.24) is 15.0 Å². The van der Waals surface area contributed by atoms with Gasteiger partial charge >= 0.3 is 0 Å². The molecule has 0 unspecified atom stereocenters. The monoisotopic (exact) mass is 550 g/mol. The number of nitrogens with one attached hydrogen (secondary N) is 2. The average molecular weight is 551 g/mol. The molecule has 3 aromatic rings. The second-order valence-corrected chi connectivity index (χ2v) is 10.8. The Bertz CT molecular complexity index is 1410. The molecule has 0 aliphatic rings. The summed E-state index contributed by atoms with van der Waals surface area (Å²) in [5.41, 5.74) is 1.74. The number of aromatic nitrogens is 1. The van der Waals surface area contributed by atoms with Crippen LogP contribution in [0.4, 0.5) is 0 Å². The topological polar surface area (TPSA) is 145 Å². The number of benzene rings is 2. The van der Waals surface area contributed by atoms with Crippen LogP contribution in [0.5, 0.6) is 0 Å². The van der Waals surface area contributed by atoms with Gasteiger partial charge in [-0.3, -0.25) is 14.6 Å². The smallest absolute Gasteiger partial charge is 0.266 e. The summed E-state index contributed by atoms with van der Waals surface area (Å²) in [6.45, 7) is 2.34. The Labute approximate surface area is 228 Å². The molecule has 0 bridgehead atoms. The third kappa shape index (κ3) is 9.03. The summed E-state index contributed by atoms with van der Waals surface area (Å²) in [6, 6.07) is 17.1. The van der Waals surface area contributed by atoms with Gasteiger partial charge in [0.25, 0.3) is 15.9 Å². The molecule has 0 aliphatic heterocycles. The molecular weight excluding hydrogens is 518 g/mol. The standard InChI is InChI=1S/C29H33N3O6S/c1-2-3-5-12-23-19-24(20-31-27(23)29(35)36)28(34)32-39(37,38)25-13-8-11-22(18-25)16-17-30-26(33)15-14-21-9-6-4-7-10-21/h4,6-11,13,18-20H,2-3,5,12,14-17H2,1H3,(H,30,33)(H,32,34)(H,35,36)/p-1. The first kappa shape index (κ1) is 29.5. The highest BCUT2D eigenvalue weighted by Crippen LogP contribution is 2.16. The molecular formula is C29H32N3O6S-. The highest BCUT2D eigenvalue weighted by Gasteiger charge is 2.20. The number of carbonyl (C=O) groups excluding carboxylic acids is 3. The van der Waals surface area contributed by atoms with E-state index < -0.39 is 21.9 Å². The van der Waals surface area contributed by atoms with Crippen LogP contribution in [0.2, 0.25) is 0 Å². The van der Waals surface area contributed by atoms with Crippen molar-refractivity contribution in [2.24, 2.45) is 0 Å². The number of carboxylic acid groups (broad SMARTS) is 1. The molecule has 0 atom stereocenters. The lowest BCUT2D eigenvalue weighted by atomic mass is 10.0. The lowest BCUT2D eigenvalue weighted by Crippen LogP contribution is -2.31. The molecule has 1 heterocycles. The van der Waals surface area contributed by atoms with Crippen LogP contribution in [-0.4, -0.2) is 37.7 Å². The number of hydrogen-bond donors (Lipinski definition) is 2. The van der Waals surface area contributed by atoms with Crippen molar-refractivity contribution in [1.29, 1.82) is 0 Å². The molecule has 0 fully saturated rings. The van der Waals surface area contributed by atoms with Crippen LogP contribution in [0.1, 0.15) is 70.1 Å². The van der Waals surface area contributed by atoms with Gasteiger partial charge in [0, 0.05) is 19.2 Å². The highest BCUT2D eigenvalue weighted by molar-refractivity contribution is 7.90. The maximum atomic E-state index is 12.9. The summed E-state index contributed by atoms with van der Waals surface area (Å²) in [7, 11) is -4.21. The first-order valence-corrected chi connectivity index (χ1v) is 14.3. The number of unbranched alkanes of at least 4 members (excludes halogenated alkanes) is 2. The quantitative estimate of drug-likeness (QED) is 0.293. The van der Waals surface area contributed by atoms with Gasteiger partial charge in [0.1, 0.15) is 0 Å². The van der Waals surface area contributed by atoms with Gasteiger partial charge in [-0.15, -0.1) is 0 Å². The van der Waals surface area contributed by atoms with Gasteiger partial charge in [0.05, 0.1) is 22.1 Å². The number of nitrogens with zero attached hydrogens (tertiary/aromatic N) is 1. The Morgan fingerprint density at radius 3 is 2.36 bits per heavy atom. The lowest BCUT2D eigenvalue weighted by Gasteiger charge is -2.12. The number of carboxylic acids is 1. The second kappa shape index (κ2) is 14.2. The molecule has 0 saturated carbocycles. The Hall–Kier alpha value is -4.05. The first-order chi connectivity index (χ1) is 18.7. The molecule has 1 aromatic heterocycles. The molecule has 2 amide bonds. The fourth-order valence-corrected chi connectivity index (χ4v) is 5.06. The van der Waals surface area contributed by atoms with Crippen LogP contribution < -0.4 is 15.1 Å². The van der Waals surface area contributed by atoms with Gasteiger partial charge in [0.2, 0.25) is 5.91 Å². The SMILES string of the molecule is CCCCCc1cc(C(=O)NS(=O)(=O)c2cccc(CCNC(=O)CCc3ccccc3)c2)cnc1C(=O)[O-]. The molecule has 3 rings (SSSR count). The van der Waals surface area contributed by atoms with Gasteiger partial charge in [-0.05, 0) is 60.6 Å². The first-order valence-electron chi connectivity index (χ1n) is 12.9. The molecule has 9 nitrogen and oxygen atoms in total. The maximum absolute atomic E-state index is 12.9. The summed E-state index contributed by atoms with van der Waals surface area (Å²) in [5.74, 6) is -2.47. The molecule has 0 radical (unpaired) electrons. The second-order valence-electron chi connectivity index (χ2n) is 9.14. The zero-order chi connectivity index (χ0) is 28.3. The number of amides is 2. The predicted octanol–water partition coefficient (Wildman–Crippen LogP) is 2.59. The van der Waals surface area contributed by atoms with Gasteiger partial charge in [-0.1, -0.05) is 62.2 Å². The van der Waals surface area contributed by atoms with Crippen molar-refractivity contribution in [2.75, 3.05) is 6.54 Å². The number of aryl methyl sites for hydroxylation is 2. The van der Waals surface area contributed by atoms with Crippen LogP contribution >= 0.6 is 0 Å². The maximum Gasteiger partial charge on any atom is 0.266 e. The van der Waals surface area contributed by atoms with E-state index in [1.807, 2.05) is 42.0 Å². The van der Waals surface area contributed by atoms with E-state index in [0.29, 0.717) is 49.8 Å². The van der Waals surface area contributed by atoms with E-state index in [1.54, 1.807) is 12.1 Å². The molecule has 0 aliphatic carbocycles. The number of sulfonamides is 1. The van der Waals surface area contributed by atoms with Gasteiger partial charge < -0.3 is 15.2 Å². The van der Waals surface area contributed by atoms with Crippen molar-refractivity contribution < 1.29 is 27.9 Å². The molecule has 0 saturated heterocycles. The average Bonchev–Trinajstić information content (AvgIpc) is 2.92. The zero-order valence-corrected chi connectivity index (χ0v) is 22.6. The molecule has 39 heavy (non-hydrogen) atoms. The molecule has 206 valence electrons. The summed E-state index contributed by atoms with van der Waals surface area (Å²) in [4.78, 5) is 40.0. The van der Waals surface area contributed by atoms with Crippen molar-refractivity contribution >= 4 is 27.8 Å². The largest absolute Gasteiger partial charge is 0.543 e. The van der Waals surface area contributed by atoms with Crippen molar-refractivity contribution in [3.63, 3.8) is 0 Å². The fourth-order valence-electron chi connectivity index (χ4n) is 4.02. The van der Waals surface area contributed by atoms with E-state index in [-0.39, 0.29) is 22.1 Å². The minimum atomic E-state index is -4.21. The van der Waals surface area contributed by atoms with Crippen molar-refractivity contribution in [3.8, 4) is 0 Å². The van der Waals surface area contributed by atoms with Crippen LogP contribution in [0, 0.1) is 0 Å². The lowest BCUT2D eigenvalue weighted by molar-refractivity contribution is -0.255. The van der Waals surface area contributed by atoms with E-state index in [9.17, 15) is 27.9 Å². The third-order valence-corrected chi connectivity index (χ3v) is 7.46. The number of pyridine rings is 1. The Morgan fingerprint density at radius 2 is 1.64 bits per heavy atom. The van der Waals surface area contributed by atoms with Crippen LogP contribution in [0.3, 0.4) is 0 Å². The van der Waals surface area contributed by atoms with Gasteiger partial charge in [-0.2, -0.15) is 0 Å². The Balaban J connectivity index is 1.60. The summed E-state index contributed by atoms with van der Waals surface area (Å²) in [6.07, 6.45) is 5.28. The highest BCUT2D eigenvalue weighted by atomic mass is 32.2. The van der Waals surface area contributed by atoms with Crippen molar-refractivity contribution in [3.05, 3.63) is 94.8 Å². The van der Waals surface area contributed by atoms with Gasteiger partial charge in [0.15, 0.2) is 0 Å². The van der Waals surface area contributed by atoms with Crippen LogP contribution in [0.25, 0.3) is 0 Å². The normalized spacial score (nSPS) is 11.1. The summed E-state index contributed by atoms with van der Waals surface area (Å²) in [5, 5.41) is 14.2. The van der Waals surface area contributed by atoms with Gasteiger partial charge in [-0.25, -0.2) is 13.1 Å². The van der Waals surface area contributed by atoms with Crippen LogP contribution in [0.15, 0.2) is 71.8 Å². The molecule has 2 N–H and O–H groups in total. The fraction of sp³-hybridized carbons (Fsp3) is 0.310. The van der Waals surface area contributed by atoms with E-state index in [4.69, 9.17) is 0 Å². The number of hydrogen-bond acceptors (Lipinski definition) is 7. The van der Waals surface area contributed by atoms with E-state index in [0.717, 1.165) is 24.6 Å². The molecule has 10 heteroatoms. The van der Waals surface area contributed by atoms with E-state index in [2.05, 4.69) is 10.3 Å². The Kier molecular flexibility index (Phi) is 10.7. The van der Waals surface area contributed by atoms with Crippen LogP contribution in [-0.2, 0) is 34.1 Å². The van der Waals surface area contributed by atoms with E-state index in [1.165, 1.54) is 18.2 Å². The number of aromatic carboxylic acids is 1. The minimum absolute atomic E-state index is 0.0653. The molecule has 2 aromatic carbocycles. The number of rotatable bonds is 14. The Morgan fingerprint density at radius 1 is 0.897 bits per heavy atom. The summed E-state index contributed by atoms with van der Waals surface area (Å²) >= 11 is 0. The predicted molar refractivity (Wildman–Crippen MR) is 144 cm³/mol. The summed E-state index contributed by atoms with van der Waals surface area (Å²) < 4.78 is 27.9. The molecule has 0 spiro atoms. The number of carbonyl (C=O) groups is 3. The van der Waals surface area contributed by atoms with Crippen molar-refractivity contribution in [2.45, 2.75) is 56.8 Å². The minimum Gasteiger partial charge on any atom is -0.543 e. The third-order valence-electron chi connectivity index (χ3n) is 6.13. The zero-order valence-electron chi connectivity index (χ0n) is 21.8. The van der Waals surface area contributed by atoms with E-state index >= 15 is 0 Å².